The van der Waals surface area contributed by atoms with E-state index in [1.54, 1.807) is 0 Å². The Morgan fingerprint density at radius 1 is 1.50 bits per heavy atom. The van der Waals surface area contributed by atoms with Crippen molar-refractivity contribution in [1.29, 1.82) is 0 Å². The molecule has 90 valence electrons. The van der Waals surface area contributed by atoms with E-state index in [1.165, 1.54) is 11.3 Å². The largest absolute Gasteiger partial charge is 0.346 e. The van der Waals surface area contributed by atoms with Crippen molar-refractivity contribution in [3.05, 3.63) is 20.3 Å². The Bertz CT molecular complexity index is 363. The van der Waals surface area contributed by atoms with Crippen molar-refractivity contribution in [3.8, 4) is 0 Å². The van der Waals surface area contributed by atoms with Crippen molar-refractivity contribution in [1.82, 2.24) is 5.32 Å². The number of thiophene rings is 1. The lowest BCUT2D eigenvalue weighted by Crippen LogP contribution is -2.44. The van der Waals surface area contributed by atoms with Crippen LogP contribution in [0.5, 0.6) is 0 Å². The van der Waals surface area contributed by atoms with Crippen molar-refractivity contribution in [2.75, 3.05) is 0 Å². The highest BCUT2D eigenvalue weighted by Gasteiger charge is 2.23. The summed E-state index contributed by atoms with van der Waals surface area (Å²) in [6.07, 6.45) is 1.89. The highest BCUT2D eigenvalue weighted by atomic mass is 79.9. The first-order valence-electron chi connectivity index (χ1n) is 5.50. The SMILES string of the molecule is CCC(C)(CC)NC(=O)c1cc(C)c(Br)s1. The van der Waals surface area contributed by atoms with Gasteiger partial charge in [-0.3, -0.25) is 4.79 Å². The van der Waals surface area contributed by atoms with Gasteiger partial charge in [-0.15, -0.1) is 11.3 Å². The zero-order valence-electron chi connectivity index (χ0n) is 10.2. The van der Waals surface area contributed by atoms with Crippen LogP contribution in [-0.4, -0.2) is 11.4 Å². The molecule has 0 atom stereocenters. The van der Waals surface area contributed by atoms with Crippen molar-refractivity contribution in [2.45, 2.75) is 46.1 Å². The second-order valence-corrected chi connectivity index (χ2v) is 6.66. The van der Waals surface area contributed by atoms with E-state index < -0.39 is 0 Å². The molecule has 0 aliphatic carbocycles. The molecular weight excluding hydrogens is 286 g/mol. The van der Waals surface area contributed by atoms with Gasteiger partial charge in [0.15, 0.2) is 0 Å². The first kappa shape index (κ1) is 13.7. The van der Waals surface area contributed by atoms with Gasteiger partial charge in [0, 0.05) is 5.54 Å². The summed E-state index contributed by atoms with van der Waals surface area (Å²) in [7, 11) is 0. The molecule has 0 spiro atoms. The molecule has 1 N–H and O–H groups in total. The van der Waals surface area contributed by atoms with E-state index in [-0.39, 0.29) is 11.4 Å². The second-order valence-electron chi connectivity index (χ2n) is 4.29. The average Bonchev–Trinajstić information content (AvgIpc) is 2.59. The highest BCUT2D eigenvalue weighted by molar-refractivity contribution is 9.11. The fourth-order valence-electron chi connectivity index (χ4n) is 1.33. The topological polar surface area (TPSA) is 29.1 Å². The Balaban J connectivity index is 2.80. The minimum Gasteiger partial charge on any atom is -0.346 e. The van der Waals surface area contributed by atoms with Crippen molar-refractivity contribution in [3.63, 3.8) is 0 Å². The molecule has 1 aromatic rings. The Morgan fingerprint density at radius 2 is 2.06 bits per heavy atom. The summed E-state index contributed by atoms with van der Waals surface area (Å²) in [5.74, 6) is 0.0324. The van der Waals surface area contributed by atoms with E-state index in [0.29, 0.717) is 0 Å². The van der Waals surface area contributed by atoms with Crippen LogP contribution < -0.4 is 5.32 Å². The van der Waals surface area contributed by atoms with Gasteiger partial charge in [0.1, 0.15) is 0 Å². The Morgan fingerprint density at radius 3 is 2.44 bits per heavy atom. The van der Waals surface area contributed by atoms with E-state index in [1.807, 2.05) is 13.0 Å². The van der Waals surface area contributed by atoms with Gasteiger partial charge in [-0.2, -0.15) is 0 Å². The Kier molecular flexibility index (Phi) is 4.56. The molecule has 0 saturated heterocycles. The molecule has 1 heterocycles. The third kappa shape index (κ3) is 3.08. The monoisotopic (exact) mass is 303 g/mol. The molecule has 0 unspecified atom stereocenters. The van der Waals surface area contributed by atoms with E-state index >= 15 is 0 Å². The van der Waals surface area contributed by atoms with Gasteiger partial charge in [-0.1, -0.05) is 13.8 Å². The maximum absolute atomic E-state index is 12.0. The quantitative estimate of drug-likeness (QED) is 0.890. The Hall–Kier alpha value is -0.350. The molecule has 0 bridgehead atoms. The molecule has 0 radical (unpaired) electrons. The smallest absolute Gasteiger partial charge is 0.261 e. The van der Waals surface area contributed by atoms with Crippen molar-refractivity contribution in [2.24, 2.45) is 0 Å². The number of rotatable bonds is 4. The standard InChI is InChI=1S/C12H18BrNOS/c1-5-12(4,6-2)14-11(15)9-7-8(3)10(13)16-9/h7H,5-6H2,1-4H3,(H,14,15). The van der Waals surface area contributed by atoms with Crippen LogP contribution in [0.3, 0.4) is 0 Å². The summed E-state index contributed by atoms with van der Waals surface area (Å²) >= 11 is 4.93. The summed E-state index contributed by atoms with van der Waals surface area (Å²) in [5, 5.41) is 3.10. The summed E-state index contributed by atoms with van der Waals surface area (Å²) in [6, 6.07) is 1.93. The molecule has 1 amide bonds. The van der Waals surface area contributed by atoms with Crippen LogP contribution in [0.4, 0.5) is 0 Å². The first-order valence-corrected chi connectivity index (χ1v) is 7.11. The number of hydrogen-bond donors (Lipinski definition) is 1. The minimum absolute atomic E-state index is 0.0324. The Labute approximate surface area is 110 Å². The van der Waals surface area contributed by atoms with E-state index in [9.17, 15) is 4.79 Å². The van der Waals surface area contributed by atoms with Crippen LogP contribution in [0, 0.1) is 6.92 Å². The van der Waals surface area contributed by atoms with Crippen LogP contribution in [0.1, 0.15) is 48.8 Å². The molecule has 1 aromatic heterocycles. The maximum Gasteiger partial charge on any atom is 0.261 e. The van der Waals surface area contributed by atoms with Gasteiger partial charge in [0.25, 0.3) is 5.91 Å². The van der Waals surface area contributed by atoms with E-state index in [2.05, 4.69) is 42.0 Å². The fourth-order valence-corrected chi connectivity index (χ4v) is 2.76. The van der Waals surface area contributed by atoms with Crippen molar-refractivity contribution < 1.29 is 4.79 Å². The van der Waals surface area contributed by atoms with Crippen LogP contribution in [-0.2, 0) is 0 Å². The van der Waals surface area contributed by atoms with Crippen LogP contribution >= 0.6 is 27.3 Å². The number of halogens is 1. The number of hydrogen-bond acceptors (Lipinski definition) is 2. The molecule has 0 aliphatic heterocycles. The molecule has 1 rings (SSSR count). The summed E-state index contributed by atoms with van der Waals surface area (Å²) in [6.45, 7) is 8.27. The minimum atomic E-state index is -0.0958. The zero-order valence-corrected chi connectivity index (χ0v) is 12.6. The molecular formula is C12H18BrNOS. The number of amides is 1. The predicted molar refractivity (Wildman–Crippen MR) is 73.2 cm³/mol. The molecule has 0 aromatic carbocycles. The van der Waals surface area contributed by atoms with Gasteiger partial charge in [0.05, 0.1) is 8.66 Å². The first-order chi connectivity index (χ1) is 7.41. The second kappa shape index (κ2) is 5.32. The van der Waals surface area contributed by atoms with Gasteiger partial charge >= 0.3 is 0 Å². The molecule has 4 heteroatoms. The molecule has 16 heavy (non-hydrogen) atoms. The van der Waals surface area contributed by atoms with Gasteiger partial charge in [-0.05, 0) is 54.2 Å². The van der Waals surface area contributed by atoms with Gasteiger partial charge < -0.3 is 5.32 Å². The third-order valence-corrected chi connectivity index (χ3v) is 5.19. The maximum atomic E-state index is 12.0. The highest BCUT2D eigenvalue weighted by Crippen LogP contribution is 2.28. The van der Waals surface area contributed by atoms with E-state index in [4.69, 9.17) is 0 Å². The number of carbonyl (C=O) groups excluding carboxylic acids is 1. The summed E-state index contributed by atoms with van der Waals surface area (Å²) < 4.78 is 1.03. The number of aryl methyl sites for hydroxylation is 1. The molecule has 0 fully saturated rings. The van der Waals surface area contributed by atoms with Gasteiger partial charge in [0.2, 0.25) is 0 Å². The summed E-state index contributed by atoms with van der Waals surface area (Å²) in [4.78, 5) is 12.8. The lowest BCUT2D eigenvalue weighted by Gasteiger charge is -2.27. The normalized spacial score (nSPS) is 11.6. The van der Waals surface area contributed by atoms with Crippen molar-refractivity contribution >= 4 is 33.2 Å². The van der Waals surface area contributed by atoms with Crippen LogP contribution in [0.15, 0.2) is 9.85 Å². The number of carbonyl (C=O) groups is 1. The zero-order chi connectivity index (χ0) is 12.3. The molecule has 0 saturated carbocycles. The average molecular weight is 304 g/mol. The predicted octanol–water partition coefficient (Wildman–Crippen LogP) is 4.13. The molecule has 2 nitrogen and oxygen atoms in total. The lowest BCUT2D eigenvalue weighted by atomic mass is 9.95. The van der Waals surface area contributed by atoms with E-state index in [0.717, 1.165) is 27.1 Å². The van der Waals surface area contributed by atoms with Crippen LogP contribution in [0.25, 0.3) is 0 Å². The summed E-state index contributed by atoms with van der Waals surface area (Å²) in [5.41, 5.74) is 1.02. The lowest BCUT2D eigenvalue weighted by molar-refractivity contribution is 0.0905. The van der Waals surface area contributed by atoms with Crippen LogP contribution in [0.2, 0.25) is 0 Å². The van der Waals surface area contributed by atoms with Gasteiger partial charge in [-0.25, -0.2) is 0 Å². The number of nitrogens with one attached hydrogen (secondary N) is 1. The molecule has 0 aliphatic rings. The fraction of sp³-hybridized carbons (Fsp3) is 0.583. The third-order valence-electron chi connectivity index (χ3n) is 3.06.